The molecule has 6 aromatic rings. The fourth-order valence-electron chi connectivity index (χ4n) is 7.15. The maximum atomic E-state index is 13.2. The number of carbonyl (C=O) groups excluding carboxylic acids is 3. The lowest BCUT2D eigenvalue weighted by atomic mass is 10.1. The first-order chi connectivity index (χ1) is 32.1. The first-order valence-electron chi connectivity index (χ1n) is 22.9. The minimum absolute atomic E-state index is 0.246. The molecular formula is C54H60N4O7S. The Hall–Kier alpha value is -6.66. The van der Waals surface area contributed by atoms with Crippen molar-refractivity contribution in [3.63, 3.8) is 0 Å². The van der Waals surface area contributed by atoms with E-state index in [4.69, 9.17) is 29.0 Å². The average Bonchev–Trinajstić information content (AvgIpc) is 3.75. The van der Waals surface area contributed by atoms with Crippen molar-refractivity contribution in [3.05, 3.63) is 137 Å². The number of hydrogen-bond acceptors (Lipinski definition) is 12. The van der Waals surface area contributed by atoms with Crippen molar-refractivity contribution in [3.8, 4) is 17.2 Å². The zero-order valence-corrected chi connectivity index (χ0v) is 39.4. The van der Waals surface area contributed by atoms with Gasteiger partial charge in [-0.1, -0.05) is 112 Å². The number of ether oxygens (including phenoxy) is 4. The van der Waals surface area contributed by atoms with Gasteiger partial charge in [0.1, 0.15) is 27.6 Å². The Balaban J connectivity index is 1.03. The third-order valence-corrected chi connectivity index (χ3v) is 11.8. The van der Waals surface area contributed by atoms with Crippen LogP contribution in [0.2, 0.25) is 0 Å². The van der Waals surface area contributed by atoms with Gasteiger partial charge in [0.15, 0.2) is 0 Å². The lowest BCUT2D eigenvalue weighted by Crippen LogP contribution is -2.18. The van der Waals surface area contributed by atoms with Gasteiger partial charge in [-0.25, -0.2) is 29.4 Å². The topological polar surface area (TPSA) is 130 Å². The molecule has 344 valence electrons. The number of pyridine rings is 1. The van der Waals surface area contributed by atoms with Crippen molar-refractivity contribution in [2.75, 3.05) is 24.8 Å². The highest BCUT2D eigenvalue weighted by Gasteiger charge is 2.15. The summed E-state index contributed by atoms with van der Waals surface area (Å²) in [4.78, 5) is 48.2. The molecule has 0 N–H and O–H groups in total. The highest BCUT2D eigenvalue weighted by Crippen LogP contribution is 2.29. The Morgan fingerprint density at radius 1 is 0.788 bits per heavy atom. The number of unbranched alkanes of at least 4 members (excludes halogenated alkanes) is 9. The van der Waals surface area contributed by atoms with Crippen molar-refractivity contribution in [1.82, 2.24) is 9.97 Å². The SMILES string of the molecule is C=C(C)C(=O)OCCCOc1ccc2cc(C(=O)Oc3ccc(/C=C/C(=O)Oc4ccc(C)cc4/C=N/N(CCCCCCCCCCCC)c4nc5cccnc5s4)cc3C)ccc2c1. The number of thiazole rings is 1. The molecule has 0 saturated carbocycles. The van der Waals surface area contributed by atoms with Gasteiger partial charge in [-0.15, -0.1) is 0 Å². The third kappa shape index (κ3) is 14.9. The Kier molecular flexibility index (Phi) is 18.6. The summed E-state index contributed by atoms with van der Waals surface area (Å²) in [7, 11) is 0. The molecule has 0 atom stereocenters. The van der Waals surface area contributed by atoms with Gasteiger partial charge >= 0.3 is 17.9 Å². The van der Waals surface area contributed by atoms with Crippen LogP contribution < -0.4 is 19.2 Å². The van der Waals surface area contributed by atoms with Crippen LogP contribution in [-0.2, 0) is 14.3 Å². The number of aromatic nitrogens is 2. The van der Waals surface area contributed by atoms with E-state index in [0.29, 0.717) is 53.5 Å². The molecule has 66 heavy (non-hydrogen) atoms. The van der Waals surface area contributed by atoms with Crippen LogP contribution in [-0.4, -0.2) is 53.8 Å². The molecule has 11 nitrogen and oxygen atoms in total. The Labute approximate surface area is 392 Å². The second kappa shape index (κ2) is 25.1. The maximum absolute atomic E-state index is 13.2. The van der Waals surface area contributed by atoms with E-state index in [1.165, 1.54) is 68.8 Å². The summed E-state index contributed by atoms with van der Waals surface area (Å²) < 4.78 is 22.6. The smallest absolute Gasteiger partial charge is 0.343 e. The number of nitrogens with zero attached hydrogens (tertiary/aromatic N) is 4. The minimum Gasteiger partial charge on any atom is -0.493 e. The van der Waals surface area contributed by atoms with Gasteiger partial charge in [-0.05, 0) is 116 Å². The molecule has 0 aliphatic heterocycles. The van der Waals surface area contributed by atoms with Gasteiger partial charge in [-0.2, -0.15) is 5.10 Å². The lowest BCUT2D eigenvalue weighted by molar-refractivity contribution is -0.139. The molecule has 2 aromatic heterocycles. The molecule has 0 saturated heterocycles. The monoisotopic (exact) mass is 908 g/mol. The normalized spacial score (nSPS) is 11.4. The van der Waals surface area contributed by atoms with E-state index >= 15 is 0 Å². The van der Waals surface area contributed by atoms with Crippen LogP contribution in [0.4, 0.5) is 5.13 Å². The number of fused-ring (bicyclic) bond motifs is 2. The highest BCUT2D eigenvalue weighted by atomic mass is 32.1. The molecule has 0 unspecified atom stereocenters. The Morgan fingerprint density at radius 2 is 1.53 bits per heavy atom. The number of rotatable bonds is 25. The zero-order valence-electron chi connectivity index (χ0n) is 38.6. The van der Waals surface area contributed by atoms with Gasteiger partial charge < -0.3 is 18.9 Å². The van der Waals surface area contributed by atoms with Crippen LogP contribution in [0.1, 0.15) is 117 Å². The van der Waals surface area contributed by atoms with Crippen LogP contribution >= 0.6 is 11.3 Å². The summed E-state index contributed by atoms with van der Waals surface area (Å²) in [6.45, 7) is 12.6. The standard InChI is InChI=1S/C54H60N4O7S/c1-6-7-8-9-10-11-12-13-14-15-30-58(54-57-47-18-16-29-55-51(47)66-54)56-37-45-33-39(4)19-26-49(45)64-50(59)28-21-41-20-27-48(40(5)34-41)65-53(61)44-23-22-43-36-46(25-24-42(43)35-44)62-31-17-32-63-52(60)38(2)3/h16,18-29,33-37H,2,6-15,17,30-32H2,1,3-5H3/b28-21+,56-37+. The van der Waals surface area contributed by atoms with Crippen LogP contribution in [0, 0.1) is 13.8 Å². The lowest BCUT2D eigenvalue weighted by Gasteiger charge is -2.16. The molecule has 12 heteroatoms. The maximum Gasteiger partial charge on any atom is 0.343 e. The quantitative estimate of drug-likeness (QED) is 0.0137. The van der Waals surface area contributed by atoms with Crippen LogP contribution in [0.25, 0.3) is 27.2 Å². The van der Waals surface area contributed by atoms with Crippen LogP contribution in [0.5, 0.6) is 17.2 Å². The molecule has 0 aliphatic rings. The van der Waals surface area contributed by atoms with E-state index in [-0.39, 0.29) is 6.61 Å². The molecule has 0 amide bonds. The predicted molar refractivity (Wildman–Crippen MR) is 266 cm³/mol. The number of aryl methyl sites for hydroxylation is 2. The summed E-state index contributed by atoms with van der Waals surface area (Å²) in [5.41, 5.74) is 4.73. The van der Waals surface area contributed by atoms with E-state index in [0.717, 1.165) is 55.8 Å². The molecule has 6 rings (SSSR count). The van der Waals surface area contributed by atoms with E-state index in [1.54, 1.807) is 55.7 Å². The van der Waals surface area contributed by atoms with Crippen molar-refractivity contribution in [2.45, 2.75) is 98.3 Å². The second-order valence-electron chi connectivity index (χ2n) is 16.4. The first-order valence-corrected chi connectivity index (χ1v) is 23.7. The Bertz CT molecular complexity index is 2640. The van der Waals surface area contributed by atoms with Crippen molar-refractivity contribution in [1.29, 1.82) is 0 Å². The molecule has 0 aliphatic carbocycles. The molecule has 4 aromatic carbocycles. The second-order valence-corrected chi connectivity index (χ2v) is 17.4. The highest BCUT2D eigenvalue weighted by molar-refractivity contribution is 7.21. The summed E-state index contributed by atoms with van der Waals surface area (Å²) in [6.07, 6.45) is 19.5. The average molecular weight is 909 g/mol. The number of benzene rings is 4. The first kappa shape index (κ1) is 48.8. The summed E-state index contributed by atoms with van der Waals surface area (Å²) in [6, 6.07) is 25.7. The fraction of sp³-hybridized carbons (Fsp3) is 0.333. The number of carbonyl (C=O) groups is 3. The van der Waals surface area contributed by atoms with Crippen LogP contribution in [0.3, 0.4) is 0 Å². The Morgan fingerprint density at radius 3 is 2.29 bits per heavy atom. The zero-order chi connectivity index (χ0) is 46.7. The fourth-order valence-corrected chi connectivity index (χ4v) is 8.04. The molecular weight excluding hydrogens is 849 g/mol. The van der Waals surface area contributed by atoms with Gasteiger partial charge in [0, 0.05) is 36.4 Å². The van der Waals surface area contributed by atoms with E-state index < -0.39 is 17.9 Å². The minimum atomic E-state index is -0.544. The van der Waals surface area contributed by atoms with Crippen LogP contribution in [0.15, 0.2) is 114 Å². The van der Waals surface area contributed by atoms with Crippen molar-refractivity contribution < 1.29 is 33.3 Å². The summed E-state index contributed by atoms with van der Waals surface area (Å²) in [5.74, 6) is 0.0161. The van der Waals surface area contributed by atoms with Gasteiger partial charge in [0.25, 0.3) is 0 Å². The van der Waals surface area contributed by atoms with E-state index in [1.807, 2.05) is 73.5 Å². The predicted octanol–water partition coefficient (Wildman–Crippen LogP) is 12.9. The summed E-state index contributed by atoms with van der Waals surface area (Å²) in [5, 5.41) is 9.35. The van der Waals surface area contributed by atoms with E-state index in [9.17, 15) is 14.4 Å². The molecule has 0 radical (unpaired) electrons. The number of hydrazone groups is 1. The third-order valence-electron chi connectivity index (χ3n) is 10.8. The number of hydrogen-bond donors (Lipinski definition) is 0. The molecule has 0 bridgehead atoms. The van der Waals surface area contributed by atoms with Gasteiger partial charge in [-0.3, -0.25) is 0 Å². The number of anilines is 1. The largest absolute Gasteiger partial charge is 0.493 e. The van der Waals surface area contributed by atoms with Crippen molar-refractivity contribution >= 4 is 67.8 Å². The molecule has 0 fully saturated rings. The molecule has 0 spiro atoms. The summed E-state index contributed by atoms with van der Waals surface area (Å²) >= 11 is 1.51. The molecule has 2 heterocycles. The number of esters is 3. The van der Waals surface area contributed by atoms with E-state index in [2.05, 4.69) is 18.5 Å². The van der Waals surface area contributed by atoms with Crippen molar-refractivity contribution in [2.24, 2.45) is 5.10 Å². The van der Waals surface area contributed by atoms with Gasteiger partial charge in [0.2, 0.25) is 5.13 Å². The van der Waals surface area contributed by atoms with Gasteiger partial charge in [0.05, 0.1) is 25.0 Å².